The maximum absolute atomic E-state index is 14.4. The first kappa shape index (κ1) is 47.8. The van der Waals surface area contributed by atoms with E-state index >= 15 is 0 Å². The number of anilines is 1. The van der Waals surface area contributed by atoms with E-state index in [-0.39, 0.29) is 25.1 Å². The standard InChI is InChI=1S/C40H55N11O11S/c1-5-18(3)32-37(60)43-13-30(55)45-27-16-63-39-23(22-9-20(44-17-52)7-8-24(22)48-39)11-25(34(57)42-14-31(56)49-32)46-38(61)33(19(4)6-2)50-36(59)28-10-21(53)15-51(28)40(62)26(12-29(41)54)47-35(27)58/h7-9,17-19,21,25-28,32-33,48,53H,5-6,10-16H2,1-4H3,(H2,41,54)(H,42,57)(H,43,60)(H,44,52)(H,45,55)(H,46,61)(H,47,58)(H,49,56)(H,50,59)/t18-,19?,21+,25-,26-,27-,28-,32-,33-/m0/s1. The van der Waals surface area contributed by atoms with Crippen molar-refractivity contribution in [1.82, 2.24) is 47.1 Å². The molecule has 1 unspecified atom stereocenters. The minimum atomic E-state index is -1.68. The Labute approximate surface area is 366 Å². The number of primary amides is 1. The molecule has 5 rings (SSSR count). The van der Waals surface area contributed by atoms with Gasteiger partial charge in [0.05, 0.1) is 30.6 Å². The van der Waals surface area contributed by atoms with Crippen molar-refractivity contribution in [3.63, 3.8) is 0 Å². The lowest BCUT2D eigenvalue weighted by molar-refractivity contribution is -0.143. The van der Waals surface area contributed by atoms with Crippen LogP contribution in [0.3, 0.4) is 0 Å². The van der Waals surface area contributed by atoms with E-state index in [0.29, 0.717) is 46.4 Å². The van der Waals surface area contributed by atoms with Gasteiger partial charge in [-0.2, -0.15) is 0 Å². The molecule has 0 radical (unpaired) electrons. The van der Waals surface area contributed by atoms with E-state index < -0.39 is 127 Å². The number of aliphatic hydroxyl groups is 1. The van der Waals surface area contributed by atoms with Gasteiger partial charge >= 0.3 is 0 Å². The van der Waals surface area contributed by atoms with Crippen LogP contribution in [-0.2, 0) is 54.4 Å². The number of aromatic nitrogens is 1. The summed E-state index contributed by atoms with van der Waals surface area (Å²) in [6, 6.07) is -3.57. The van der Waals surface area contributed by atoms with E-state index in [2.05, 4.69) is 47.5 Å². The summed E-state index contributed by atoms with van der Waals surface area (Å²) in [5.74, 6) is -8.95. The Hall–Kier alpha value is -6.23. The number of nitrogens with one attached hydrogen (secondary N) is 9. The molecule has 22 nitrogen and oxygen atoms in total. The molecule has 12 N–H and O–H groups in total. The van der Waals surface area contributed by atoms with Crippen molar-refractivity contribution in [2.75, 3.05) is 30.7 Å². The lowest BCUT2D eigenvalue weighted by atomic mass is 9.96. The van der Waals surface area contributed by atoms with Crippen molar-refractivity contribution in [2.24, 2.45) is 17.6 Å². The predicted molar refractivity (Wildman–Crippen MR) is 227 cm³/mol. The molecule has 0 aliphatic carbocycles. The van der Waals surface area contributed by atoms with Crippen LogP contribution in [0.4, 0.5) is 5.69 Å². The average molecular weight is 898 g/mol. The number of hydrogen-bond donors (Lipinski definition) is 11. The molecular weight excluding hydrogens is 843 g/mol. The van der Waals surface area contributed by atoms with Crippen LogP contribution in [-0.4, -0.2) is 142 Å². The Balaban J connectivity index is 1.71. The Morgan fingerprint density at radius 3 is 2.16 bits per heavy atom. The number of carbonyl (C=O) groups excluding carboxylic acids is 10. The monoisotopic (exact) mass is 897 g/mol. The lowest BCUT2D eigenvalue weighted by Crippen LogP contribution is -2.61. The third kappa shape index (κ3) is 11.8. The van der Waals surface area contributed by atoms with E-state index in [1.165, 1.54) is 0 Å². The molecule has 23 heteroatoms. The second-order valence-electron chi connectivity index (χ2n) is 16.0. The first-order valence-electron chi connectivity index (χ1n) is 20.7. The van der Waals surface area contributed by atoms with Gasteiger partial charge in [0, 0.05) is 41.7 Å². The topological polar surface area (TPSA) is 332 Å². The zero-order chi connectivity index (χ0) is 46.1. The molecule has 3 aliphatic rings. The Morgan fingerprint density at radius 2 is 1.51 bits per heavy atom. The van der Waals surface area contributed by atoms with E-state index in [1.54, 1.807) is 45.9 Å². The van der Waals surface area contributed by atoms with E-state index in [9.17, 15) is 53.1 Å². The molecule has 2 bridgehead atoms. The number of aromatic amines is 1. The van der Waals surface area contributed by atoms with Crippen LogP contribution in [0.25, 0.3) is 10.9 Å². The summed E-state index contributed by atoms with van der Waals surface area (Å²) < 4.78 is 0. The van der Waals surface area contributed by atoms with Crippen molar-refractivity contribution in [2.45, 2.75) is 107 Å². The van der Waals surface area contributed by atoms with Gasteiger partial charge in [-0.05, 0) is 35.6 Å². The number of thioether (sulfide) groups is 1. The number of rotatable bonds is 8. The van der Waals surface area contributed by atoms with Crippen LogP contribution in [0, 0.1) is 11.8 Å². The van der Waals surface area contributed by atoms with Crippen LogP contribution >= 0.6 is 11.8 Å². The third-order valence-electron chi connectivity index (χ3n) is 11.5. The summed E-state index contributed by atoms with van der Waals surface area (Å²) in [6.45, 7) is 5.29. The van der Waals surface area contributed by atoms with Gasteiger partial charge in [-0.1, -0.05) is 40.5 Å². The highest BCUT2D eigenvalue weighted by molar-refractivity contribution is 7.99. The number of benzene rings is 1. The summed E-state index contributed by atoms with van der Waals surface area (Å²) in [6.07, 6.45) is -1.21. The first-order valence-corrected chi connectivity index (χ1v) is 21.7. The van der Waals surface area contributed by atoms with Gasteiger partial charge in [0.25, 0.3) is 0 Å². The molecule has 1 aromatic heterocycles. The van der Waals surface area contributed by atoms with Gasteiger partial charge in [0.2, 0.25) is 59.6 Å². The fraction of sp³-hybridized carbons (Fsp3) is 0.550. The number of nitrogens with zero attached hydrogens (tertiary/aromatic N) is 1. The molecule has 342 valence electrons. The highest BCUT2D eigenvalue weighted by Crippen LogP contribution is 2.33. The highest BCUT2D eigenvalue weighted by atomic mass is 32.2. The quantitative estimate of drug-likeness (QED) is 0.118. The molecule has 4 heterocycles. The van der Waals surface area contributed by atoms with Gasteiger partial charge in [-0.25, -0.2) is 0 Å². The Morgan fingerprint density at radius 1 is 0.857 bits per heavy atom. The molecule has 2 aromatic rings. The summed E-state index contributed by atoms with van der Waals surface area (Å²) in [5, 5.41) is 32.3. The van der Waals surface area contributed by atoms with Gasteiger partial charge < -0.3 is 63.3 Å². The van der Waals surface area contributed by atoms with Gasteiger partial charge in [0.1, 0.15) is 36.3 Å². The van der Waals surface area contributed by atoms with Crippen LogP contribution in [0.5, 0.6) is 0 Å². The Kier molecular flexibility index (Phi) is 16.1. The fourth-order valence-corrected chi connectivity index (χ4v) is 8.72. The second kappa shape index (κ2) is 21.2. The number of amides is 10. The van der Waals surface area contributed by atoms with Crippen LogP contribution < -0.4 is 48.3 Å². The molecule has 1 saturated heterocycles. The third-order valence-corrected chi connectivity index (χ3v) is 12.7. The minimum Gasteiger partial charge on any atom is -0.391 e. The molecule has 1 fully saturated rings. The summed E-state index contributed by atoms with van der Waals surface area (Å²) in [5.41, 5.74) is 6.82. The Bertz CT molecular complexity index is 2130. The molecule has 3 aliphatic heterocycles. The molecule has 0 spiro atoms. The first-order chi connectivity index (χ1) is 29.9. The number of hydrogen-bond acceptors (Lipinski definition) is 12. The summed E-state index contributed by atoms with van der Waals surface area (Å²) >= 11 is 1.01. The summed E-state index contributed by atoms with van der Waals surface area (Å²) in [4.78, 5) is 140. The molecular formula is C40H55N11O11S. The van der Waals surface area contributed by atoms with E-state index in [0.717, 1.165) is 16.7 Å². The lowest BCUT2D eigenvalue weighted by Gasteiger charge is -2.32. The number of nitrogens with two attached hydrogens (primary N) is 1. The SMILES string of the molecule is CCC(C)[C@@H]1NC(=O)[C@@H]2C[C@@H](O)CN2C(=O)[C@H](CC(N)=O)NC(=O)[C@@H]2CSc3[nH]c4ccc(NC=O)cc4c3C[C@H](NC1=O)C(=O)NCC(=O)N[C@@H]([C@@H](C)CC)C(=O)NCC(=O)N2. The van der Waals surface area contributed by atoms with Crippen molar-refractivity contribution in [3.8, 4) is 0 Å². The van der Waals surface area contributed by atoms with Crippen molar-refractivity contribution in [1.29, 1.82) is 0 Å². The largest absolute Gasteiger partial charge is 0.391 e. The second-order valence-corrected chi connectivity index (χ2v) is 17.0. The fourth-order valence-electron chi connectivity index (χ4n) is 7.60. The molecule has 0 saturated carbocycles. The summed E-state index contributed by atoms with van der Waals surface area (Å²) in [7, 11) is 0. The van der Waals surface area contributed by atoms with Crippen molar-refractivity contribution in [3.05, 3.63) is 23.8 Å². The smallest absolute Gasteiger partial charge is 0.246 e. The zero-order valence-corrected chi connectivity index (χ0v) is 36.1. The molecule has 1 aromatic carbocycles. The maximum atomic E-state index is 14.4. The molecule has 63 heavy (non-hydrogen) atoms. The minimum absolute atomic E-state index is 0.258. The number of H-pyrrole nitrogens is 1. The number of aliphatic hydroxyl groups excluding tert-OH is 1. The number of fused-ring (bicyclic) bond motifs is 5. The van der Waals surface area contributed by atoms with Gasteiger partial charge in [0.15, 0.2) is 0 Å². The molecule has 9 atom stereocenters. The van der Waals surface area contributed by atoms with E-state index in [4.69, 9.17) is 5.73 Å². The normalized spacial score (nSPS) is 26.9. The van der Waals surface area contributed by atoms with Crippen molar-refractivity contribution < 1.29 is 53.1 Å². The highest BCUT2D eigenvalue weighted by Gasteiger charge is 2.44. The predicted octanol–water partition coefficient (Wildman–Crippen LogP) is -3.02. The maximum Gasteiger partial charge on any atom is 0.246 e. The van der Waals surface area contributed by atoms with Crippen LogP contribution in [0.2, 0.25) is 0 Å². The van der Waals surface area contributed by atoms with Crippen LogP contribution in [0.1, 0.15) is 58.9 Å². The number of carbonyl (C=O) groups is 10. The van der Waals surface area contributed by atoms with Crippen molar-refractivity contribution >= 4 is 87.9 Å². The van der Waals surface area contributed by atoms with Gasteiger partial charge in [-0.15, -0.1) is 11.8 Å². The molecule has 10 amide bonds. The zero-order valence-electron chi connectivity index (χ0n) is 35.3. The van der Waals surface area contributed by atoms with Crippen LogP contribution in [0.15, 0.2) is 23.2 Å². The van der Waals surface area contributed by atoms with Gasteiger partial charge in [-0.3, -0.25) is 47.9 Å². The average Bonchev–Trinajstić information content (AvgIpc) is 3.81. The van der Waals surface area contributed by atoms with E-state index in [1.807, 2.05) is 0 Å².